The maximum atomic E-state index is 9.07. The summed E-state index contributed by atoms with van der Waals surface area (Å²) in [5.74, 6) is 2.01. The number of nitrogens with zero attached hydrogens (tertiary/aromatic N) is 2. The summed E-state index contributed by atoms with van der Waals surface area (Å²) >= 11 is 0. The van der Waals surface area contributed by atoms with Gasteiger partial charge in [-0.25, -0.2) is 0 Å². The van der Waals surface area contributed by atoms with Crippen molar-refractivity contribution < 1.29 is 9.47 Å². The number of benzene rings is 2. The fraction of sp³-hybridized carbons (Fsp3) is 0.364. The lowest BCUT2D eigenvalue weighted by Gasteiger charge is -2.09. The van der Waals surface area contributed by atoms with Gasteiger partial charge in [0.05, 0.1) is 17.7 Å². The number of unbranched alkanes of at least 4 members (excludes halogenated alkanes) is 5. The summed E-state index contributed by atoms with van der Waals surface area (Å²) in [4.78, 5) is 0. The molecule has 2 aromatic carbocycles. The molecule has 4 heteroatoms. The van der Waals surface area contributed by atoms with Crippen LogP contribution in [0.1, 0.15) is 56.6 Å². The van der Waals surface area contributed by atoms with E-state index in [1.54, 1.807) is 18.2 Å². The van der Waals surface area contributed by atoms with Crippen LogP contribution in [0.15, 0.2) is 42.5 Å². The molecule has 0 N–H and O–H groups in total. The standard InChI is InChI=1S/C22H24N2O2/c1-2-3-4-5-6-7-14-25-20-10-12-21(13-11-20)26-22-9-8-18(16-23)19(15-22)17-24/h8-13,15H,2-7,14H2,1H3. The van der Waals surface area contributed by atoms with E-state index in [2.05, 4.69) is 6.92 Å². The highest BCUT2D eigenvalue weighted by molar-refractivity contribution is 5.50. The van der Waals surface area contributed by atoms with E-state index in [0.29, 0.717) is 22.6 Å². The SMILES string of the molecule is CCCCCCCCOc1ccc(Oc2ccc(C#N)c(C#N)c2)cc1. The number of rotatable bonds is 10. The summed E-state index contributed by atoms with van der Waals surface area (Å²) in [7, 11) is 0. The largest absolute Gasteiger partial charge is 0.494 e. The quantitative estimate of drug-likeness (QED) is 0.497. The average Bonchev–Trinajstić information content (AvgIpc) is 2.68. The van der Waals surface area contributed by atoms with Gasteiger partial charge in [-0.1, -0.05) is 39.0 Å². The molecular formula is C22H24N2O2. The first-order chi connectivity index (χ1) is 12.8. The number of nitriles is 2. The molecule has 134 valence electrons. The normalized spacial score (nSPS) is 9.96. The van der Waals surface area contributed by atoms with Gasteiger partial charge in [0.25, 0.3) is 0 Å². The molecular weight excluding hydrogens is 324 g/mol. The van der Waals surface area contributed by atoms with Crippen molar-refractivity contribution in [1.29, 1.82) is 10.5 Å². The van der Waals surface area contributed by atoms with Crippen LogP contribution in [0.5, 0.6) is 17.2 Å². The molecule has 0 radical (unpaired) electrons. The topological polar surface area (TPSA) is 66.0 Å². The van der Waals surface area contributed by atoms with Gasteiger partial charge in [0.15, 0.2) is 0 Å². The molecule has 2 aromatic rings. The van der Waals surface area contributed by atoms with Gasteiger partial charge in [-0.15, -0.1) is 0 Å². The molecule has 0 heterocycles. The van der Waals surface area contributed by atoms with Crippen molar-refractivity contribution in [3.05, 3.63) is 53.6 Å². The molecule has 0 aromatic heterocycles. The maximum Gasteiger partial charge on any atom is 0.128 e. The van der Waals surface area contributed by atoms with Crippen LogP contribution in [0.2, 0.25) is 0 Å². The number of ether oxygens (including phenoxy) is 2. The molecule has 0 aliphatic heterocycles. The summed E-state index contributed by atoms with van der Waals surface area (Å²) < 4.78 is 11.5. The molecule has 0 bridgehead atoms. The van der Waals surface area contributed by atoms with Crippen LogP contribution in [-0.2, 0) is 0 Å². The predicted octanol–water partition coefficient (Wildman–Crippen LogP) is 5.96. The van der Waals surface area contributed by atoms with Gasteiger partial charge in [-0.05, 0) is 48.9 Å². The van der Waals surface area contributed by atoms with Crippen LogP contribution >= 0.6 is 0 Å². The molecule has 0 atom stereocenters. The Morgan fingerprint density at radius 3 is 2.04 bits per heavy atom. The molecule has 2 rings (SSSR count). The van der Waals surface area contributed by atoms with Crippen molar-refractivity contribution >= 4 is 0 Å². The van der Waals surface area contributed by atoms with E-state index < -0.39 is 0 Å². The second-order valence-electron chi connectivity index (χ2n) is 6.12. The Bertz CT molecular complexity index is 770. The van der Waals surface area contributed by atoms with Crippen LogP contribution in [-0.4, -0.2) is 6.61 Å². The average molecular weight is 348 g/mol. The van der Waals surface area contributed by atoms with E-state index in [0.717, 1.165) is 18.8 Å². The monoisotopic (exact) mass is 348 g/mol. The molecule has 0 unspecified atom stereocenters. The minimum atomic E-state index is 0.309. The molecule has 0 spiro atoms. The Hall–Kier alpha value is -2.98. The summed E-state index contributed by atoms with van der Waals surface area (Å²) in [6, 6.07) is 16.3. The van der Waals surface area contributed by atoms with Crippen molar-refractivity contribution in [2.75, 3.05) is 6.61 Å². The predicted molar refractivity (Wildman–Crippen MR) is 101 cm³/mol. The highest BCUT2D eigenvalue weighted by Crippen LogP contribution is 2.25. The highest BCUT2D eigenvalue weighted by Gasteiger charge is 2.05. The Balaban J connectivity index is 1.81. The van der Waals surface area contributed by atoms with Gasteiger partial charge in [-0.2, -0.15) is 10.5 Å². The third-order valence-corrected chi connectivity index (χ3v) is 4.06. The van der Waals surface area contributed by atoms with E-state index in [4.69, 9.17) is 20.0 Å². The fourth-order valence-electron chi connectivity index (χ4n) is 2.59. The molecule has 0 aliphatic rings. The summed E-state index contributed by atoms with van der Waals surface area (Å²) in [5.41, 5.74) is 0.655. The minimum Gasteiger partial charge on any atom is -0.494 e. The van der Waals surface area contributed by atoms with Crippen molar-refractivity contribution in [2.45, 2.75) is 45.4 Å². The van der Waals surface area contributed by atoms with Crippen LogP contribution < -0.4 is 9.47 Å². The lowest BCUT2D eigenvalue weighted by atomic mass is 10.1. The lowest BCUT2D eigenvalue weighted by molar-refractivity contribution is 0.304. The Morgan fingerprint density at radius 1 is 0.731 bits per heavy atom. The number of hydrogen-bond donors (Lipinski definition) is 0. The van der Waals surface area contributed by atoms with Gasteiger partial charge in [-0.3, -0.25) is 0 Å². The Kier molecular flexibility index (Phi) is 8.03. The fourth-order valence-corrected chi connectivity index (χ4v) is 2.59. The smallest absolute Gasteiger partial charge is 0.128 e. The first-order valence-corrected chi connectivity index (χ1v) is 9.11. The zero-order valence-corrected chi connectivity index (χ0v) is 15.2. The van der Waals surface area contributed by atoms with E-state index >= 15 is 0 Å². The molecule has 26 heavy (non-hydrogen) atoms. The van der Waals surface area contributed by atoms with Crippen molar-refractivity contribution in [1.82, 2.24) is 0 Å². The third kappa shape index (κ3) is 6.15. The van der Waals surface area contributed by atoms with Gasteiger partial charge >= 0.3 is 0 Å². The second kappa shape index (κ2) is 10.8. The molecule has 4 nitrogen and oxygen atoms in total. The Morgan fingerprint density at radius 2 is 1.35 bits per heavy atom. The minimum absolute atomic E-state index is 0.309. The first-order valence-electron chi connectivity index (χ1n) is 9.11. The van der Waals surface area contributed by atoms with Crippen molar-refractivity contribution in [2.24, 2.45) is 0 Å². The number of hydrogen-bond acceptors (Lipinski definition) is 4. The molecule has 0 aliphatic carbocycles. The molecule has 0 saturated carbocycles. The van der Waals surface area contributed by atoms with E-state index in [1.165, 1.54) is 32.1 Å². The van der Waals surface area contributed by atoms with Gasteiger partial charge in [0.1, 0.15) is 29.4 Å². The van der Waals surface area contributed by atoms with E-state index in [1.807, 2.05) is 36.4 Å². The summed E-state index contributed by atoms with van der Waals surface area (Å²) in [6.07, 6.45) is 7.46. The second-order valence-corrected chi connectivity index (χ2v) is 6.12. The first kappa shape index (κ1) is 19.3. The van der Waals surface area contributed by atoms with Gasteiger partial charge in [0, 0.05) is 0 Å². The third-order valence-electron chi connectivity index (χ3n) is 4.06. The summed E-state index contributed by atoms with van der Waals surface area (Å²) in [6.45, 7) is 2.95. The van der Waals surface area contributed by atoms with Crippen molar-refractivity contribution in [3.63, 3.8) is 0 Å². The van der Waals surface area contributed by atoms with Crippen molar-refractivity contribution in [3.8, 4) is 29.4 Å². The van der Waals surface area contributed by atoms with Crippen LogP contribution in [0.3, 0.4) is 0 Å². The molecule has 0 fully saturated rings. The Labute approximate surface area is 155 Å². The van der Waals surface area contributed by atoms with Crippen LogP contribution in [0.4, 0.5) is 0 Å². The maximum absolute atomic E-state index is 9.07. The molecule has 0 amide bonds. The summed E-state index contributed by atoms with van der Waals surface area (Å²) in [5, 5.41) is 18.0. The van der Waals surface area contributed by atoms with Gasteiger partial charge < -0.3 is 9.47 Å². The highest BCUT2D eigenvalue weighted by atomic mass is 16.5. The zero-order chi connectivity index (χ0) is 18.6. The zero-order valence-electron chi connectivity index (χ0n) is 15.2. The van der Waals surface area contributed by atoms with Gasteiger partial charge in [0.2, 0.25) is 0 Å². The van der Waals surface area contributed by atoms with E-state index in [9.17, 15) is 0 Å². The molecule has 0 saturated heterocycles. The lowest BCUT2D eigenvalue weighted by Crippen LogP contribution is -1.97. The van der Waals surface area contributed by atoms with Crippen LogP contribution in [0, 0.1) is 22.7 Å². The van der Waals surface area contributed by atoms with Crippen LogP contribution in [0.25, 0.3) is 0 Å². The van der Waals surface area contributed by atoms with E-state index in [-0.39, 0.29) is 0 Å².